The highest BCUT2D eigenvalue weighted by molar-refractivity contribution is 5.96. The smallest absolute Gasteiger partial charge is 0.246 e. The zero-order valence-electron chi connectivity index (χ0n) is 18.4. The van der Waals surface area contributed by atoms with E-state index in [1.54, 1.807) is 0 Å². The molecule has 0 spiro atoms. The monoisotopic (exact) mass is 432 g/mol. The SMILES string of the molecule is CCOc1ccccc1NC(=O)C(c1ccccc1)N(C)CC1COc2ccccc2O1. The highest BCUT2D eigenvalue weighted by atomic mass is 16.6. The maximum Gasteiger partial charge on any atom is 0.246 e. The molecule has 6 nitrogen and oxygen atoms in total. The minimum Gasteiger partial charge on any atom is -0.492 e. The average molecular weight is 433 g/mol. The Kier molecular flexibility index (Phi) is 6.92. The Balaban J connectivity index is 1.53. The first-order chi connectivity index (χ1) is 15.7. The molecule has 6 heteroatoms. The maximum absolute atomic E-state index is 13.5. The average Bonchev–Trinajstić information content (AvgIpc) is 2.81. The lowest BCUT2D eigenvalue weighted by Crippen LogP contribution is -2.43. The lowest BCUT2D eigenvalue weighted by Gasteiger charge is -2.33. The molecule has 0 aromatic heterocycles. The molecule has 0 saturated heterocycles. The topological polar surface area (TPSA) is 60.0 Å². The van der Waals surface area contributed by atoms with Crippen molar-refractivity contribution in [3.05, 3.63) is 84.4 Å². The van der Waals surface area contributed by atoms with Crippen molar-refractivity contribution in [2.24, 2.45) is 0 Å². The Hall–Kier alpha value is -3.51. The van der Waals surface area contributed by atoms with Crippen LogP contribution in [0.1, 0.15) is 18.5 Å². The van der Waals surface area contributed by atoms with Crippen LogP contribution in [0.3, 0.4) is 0 Å². The highest BCUT2D eigenvalue weighted by Gasteiger charge is 2.30. The predicted molar refractivity (Wildman–Crippen MR) is 124 cm³/mol. The number of anilines is 1. The molecule has 0 fully saturated rings. The number of para-hydroxylation sites is 4. The third-order valence-corrected chi connectivity index (χ3v) is 5.31. The van der Waals surface area contributed by atoms with Gasteiger partial charge in [-0.15, -0.1) is 0 Å². The minimum absolute atomic E-state index is 0.136. The summed E-state index contributed by atoms with van der Waals surface area (Å²) in [5.41, 5.74) is 1.55. The number of hydrogen-bond acceptors (Lipinski definition) is 5. The summed E-state index contributed by atoms with van der Waals surface area (Å²) in [6, 6.07) is 24.3. The summed E-state index contributed by atoms with van der Waals surface area (Å²) < 4.78 is 17.6. The number of ether oxygens (including phenoxy) is 3. The molecule has 1 heterocycles. The van der Waals surface area contributed by atoms with Crippen molar-refractivity contribution in [2.75, 3.05) is 32.1 Å². The molecule has 166 valence electrons. The number of carbonyl (C=O) groups excluding carboxylic acids is 1. The molecular formula is C26H28N2O4. The number of fused-ring (bicyclic) bond motifs is 1. The summed E-state index contributed by atoms with van der Waals surface area (Å²) in [5.74, 6) is 1.99. The summed E-state index contributed by atoms with van der Waals surface area (Å²) in [7, 11) is 1.93. The van der Waals surface area contributed by atoms with Crippen LogP contribution < -0.4 is 19.5 Å². The minimum atomic E-state index is -0.508. The standard InChI is InChI=1S/C26H28N2O4/c1-3-30-22-14-8-7-13-21(22)27-26(29)25(19-11-5-4-6-12-19)28(2)17-20-18-31-23-15-9-10-16-24(23)32-20/h4-16,20,25H,3,17-18H2,1-2H3,(H,27,29). The Morgan fingerprint density at radius 3 is 2.50 bits per heavy atom. The van der Waals surface area contributed by atoms with Crippen molar-refractivity contribution >= 4 is 11.6 Å². The fraction of sp³-hybridized carbons (Fsp3) is 0.269. The second-order valence-corrected chi connectivity index (χ2v) is 7.67. The van der Waals surface area contributed by atoms with Gasteiger partial charge in [-0.25, -0.2) is 0 Å². The largest absolute Gasteiger partial charge is 0.492 e. The maximum atomic E-state index is 13.5. The summed E-state index contributed by atoms with van der Waals surface area (Å²) in [6.07, 6.45) is -0.190. The normalized spacial score (nSPS) is 15.8. The van der Waals surface area contributed by atoms with E-state index in [0.29, 0.717) is 31.2 Å². The van der Waals surface area contributed by atoms with Gasteiger partial charge in [-0.2, -0.15) is 0 Å². The molecule has 0 aliphatic carbocycles. The lowest BCUT2D eigenvalue weighted by molar-refractivity contribution is -0.121. The van der Waals surface area contributed by atoms with Crippen molar-refractivity contribution in [3.63, 3.8) is 0 Å². The molecule has 32 heavy (non-hydrogen) atoms. The molecule has 1 aliphatic rings. The van der Waals surface area contributed by atoms with Gasteiger partial charge in [0.1, 0.15) is 24.5 Å². The van der Waals surface area contributed by atoms with Crippen LogP contribution >= 0.6 is 0 Å². The van der Waals surface area contributed by atoms with Crippen LogP contribution in [0.4, 0.5) is 5.69 Å². The Morgan fingerprint density at radius 1 is 1.03 bits per heavy atom. The molecule has 0 saturated carbocycles. The van der Waals surface area contributed by atoms with Crippen LogP contribution in [-0.4, -0.2) is 43.7 Å². The number of benzene rings is 3. The van der Waals surface area contributed by atoms with Gasteiger partial charge in [0.25, 0.3) is 0 Å². The molecule has 0 bridgehead atoms. The van der Waals surface area contributed by atoms with Gasteiger partial charge in [-0.3, -0.25) is 9.69 Å². The van der Waals surface area contributed by atoms with E-state index in [2.05, 4.69) is 5.32 Å². The van der Waals surface area contributed by atoms with E-state index < -0.39 is 6.04 Å². The molecule has 2 atom stereocenters. The van der Waals surface area contributed by atoms with E-state index in [4.69, 9.17) is 14.2 Å². The number of carbonyl (C=O) groups is 1. The molecule has 1 amide bonds. The first kappa shape index (κ1) is 21.7. The van der Waals surface area contributed by atoms with Crippen molar-refractivity contribution < 1.29 is 19.0 Å². The first-order valence-corrected chi connectivity index (χ1v) is 10.8. The number of nitrogens with one attached hydrogen (secondary N) is 1. The van der Waals surface area contributed by atoms with Gasteiger partial charge in [-0.05, 0) is 43.8 Å². The van der Waals surface area contributed by atoms with Gasteiger partial charge in [-0.1, -0.05) is 54.6 Å². The van der Waals surface area contributed by atoms with Gasteiger partial charge in [0.15, 0.2) is 11.5 Å². The van der Waals surface area contributed by atoms with Crippen LogP contribution in [0.25, 0.3) is 0 Å². The van der Waals surface area contributed by atoms with Crippen LogP contribution in [0.2, 0.25) is 0 Å². The predicted octanol–water partition coefficient (Wildman–Crippen LogP) is 4.54. The number of rotatable bonds is 8. The number of hydrogen-bond donors (Lipinski definition) is 1. The molecule has 0 radical (unpaired) electrons. The quantitative estimate of drug-likeness (QED) is 0.566. The van der Waals surface area contributed by atoms with Gasteiger partial charge in [0, 0.05) is 6.54 Å². The van der Waals surface area contributed by atoms with Crippen LogP contribution in [0.15, 0.2) is 78.9 Å². The van der Waals surface area contributed by atoms with E-state index in [0.717, 1.165) is 17.1 Å². The summed E-state index contributed by atoms with van der Waals surface area (Å²) in [6.45, 7) is 3.39. The zero-order valence-corrected chi connectivity index (χ0v) is 18.4. The Morgan fingerprint density at radius 2 is 1.72 bits per heavy atom. The van der Waals surface area contributed by atoms with Gasteiger partial charge >= 0.3 is 0 Å². The van der Waals surface area contributed by atoms with Gasteiger partial charge in [0.05, 0.1) is 12.3 Å². The summed E-state index contributed by atoms with van der Waals surface area (Å²) in [5, 5.41) is 3.05. The van der Waals surface area contributed by atoms with E-state index in [9.17, 15) is 4.79 Å². The number of likely N-dealkylation sites (N-methyl/N-ethyl adjacent to an activating group) is 1. The summed E-state index contributed by atoms with van der Waals surface area (Å²) in [4.78, 5) is 15.5. The van der Waals surface area contributed by atoms with E-state index in [1.807, 2.05) is 97.7 Å². The summed E-state index contributed by atoms with van der Waals surface area (Å²) >= 11 is 0. The van der Waals surface area contributed by atoms with Crippen molar-refractivity contribution in [2.45, 2.75) is 19.1 Å². The fourth-order valence-electron chi connectivity index (χ4n) is 3.87. The molecule has 1 aliphatic heterocycles. The van der Waals surface area contributed by atoms with E-state index in [1.165, 1.54) is 0 Å². The van der Waals surface area contributed by atoms with Crippen molar-refractivity contribution in [3.8, 4) is 17.2 Å². The van der Waals surface area contributed by atoms with Gasteiger partial charge in [0.2, 0.25) is 5.91 Å². The van der Waals surface area contributed by atoms with Crippen molar-refractivity contribution in [1.82, 2.24) is 4.90 Å². The van der Waals surface area contributed by atoms with Crippen LogP contribution in [0, 0.1) is 0 Å². The third-order valence-electron chi connectivity index (χ3n) is 5.31. The second-order valence-electron chi connectivity index (χ2n) is 7.67. The lowest BCUT2D eigenvalue weighted by atomic mass is 10.0. The van der Waals surface area contributed by atoms with Crippen LogP contribution in [0.5, 0.6) is 17.2 Å². The number of nitrogens with zero attached hydrogens (tertiary/aromatic N) is 1. The van der Waals surface area contributed by atoms with Crippen molar-refractivity contribution in [1.29, 1.82) is 0 Å². The molecule has 3 aromatic rings. The van der Waals surface area contributed by atoms with E-state index in [-0.39, 0.29) is 12.0 Å². The zero-order chi connectivity index (χ0) is 22.3. The first-order valence-electron chi connectivity index (χ1n) is 10.8. The number of amides is 1. The molecule has 1 N–H and O–H groups in total. The molecule has 2 unspecified atom stereocenters. The van der Waals surface area contributed by atoms with E-state index >= 15 is 0 Å². The molecule has 4 rings (SSSR count). The molecule has 3 aromatic carbocycles. The Labute approximate surface area is 188 Å². The van der Waals surface area contributed by atoms with Gasteiger partial charge < -0.3 is 19.5 Å². The highest BCUT2D eigenvalue weighted by Crippen LogP contribution is 2.32. The van der Waals surface area contributed by atoms with Crippen LogP contribution in [-0.2, 0) is 4.79 Å². The fourth-order valence-corrected chi connectivity index (χ4v) is 3.87. The third kappa shape index (κ3) is 5.03. The second kappa shape index (κ2) is 10.2. The Bertz CT molecular complexity index is 1040. The molecular weight excluding hydrogens is 404 g/mol.